The number of aryl methyl sites for hydroxylation is 1. The summed E-state index contributed by atoms with van der Waals surface area (Å²) in [5.41, 5.74) is 1.00. The van der Waals surface area contributed by atoms with E-state index in [4.69, 9.17) is 4.74 Å². The highest BCUT2D eigenvalue weighted by Crippen LogP contribution is 2.23. The van der Waals surface area contributed by atoms with E-state index in [1.54, 1.807) is 10.6 Å². The van der Waals surface area contributed by atoms with Gasteiger partial charge in [-0.2, -0.15) is 0 Å². The van der Waals surface area contributed by atoms with Gasteiger partial charge in [-0.05, 0) is 43.3 Å². The number of aromatic nitrogens is 2. The second kappa shape index (κ2) is 7.88. The molecule has 10 heteroatoms. The Bertz CT molecular complexity index is 1190. The van der Waals surface area contributed by atoms with Gasteiger partial charge in [0.15, 0.2) is 11.6 Å². The highest BCUT2D eigenvalue weighted by Gasteiger charge is 2.20. The summed E-state index contributed by atoms with van der Waals surface area (Å²) in [5.74, 6) is -2.62. The molecule has 29 heavy (non-hydrogen) atoms. The summed E-state index contributed by atoms with van der Waals surface area (Å²) in [6.07, 6.45) is 0. The molecule has 3 rings (SSSR count). The van der Waals surface area contributed by atoms with Crippen LogP contribution in [0.3, 0.4) is 0 Å². The van der Waals surface area contributed by atoms with Gasteiger partial charge in [0, 0.05) is 20.6 Å². The smallest absolute Gasteiger partial charge is 0.338 e. The number of sulfonamides is 1. The van der Waals surface area contributed by atoms with Crippen LogP contribution in [0, 0.1) is 11.6 Å². The van der Waals surface area contributed by atoms with E-state index in [1.165, 1.54) is 26.2 Å². The first-order chi connectivity index (χ1) is 13.6. The molecule has 0 spiro atoms. The van der Waals surface area contributed by atoms with Crippen LogP contribution in [0.2, 0.25) is 0 Å². The Morgan fingerprint density at radius 3 is 2.48 bits per heavy atom. The van der Waals surface area contributed by atoms with Crippen LogP contribution in [-0.2, 0) is 27.9 Å². The van der Waals surface area contributed by atoms with Crippen LogP contribution in [0.25, 0.3) is 11.0 Å². The van der Waals surface area contributed by atoms with Crippen molar-refractivity contribution in [3.05, 3.63) is 59.4 Å². The van der Waals surface area contributed by atoms with Crippen molar-refractivity contribution in [3.63, 3.8) is 0 Å². The summed E-state index contributed by atoms with van der Waals surface area (Å²) in [4.78, 5) is 16.6. The lowest BCUT2D eigenvalue weighted by Gasteiger charge is -2.11. The summed E-state index contributed by atoms with van der Waals surface area (Å²) in [6, 6.07) is 7.32. The number of fused-ring (bicyclic) bond motifs is 1. The van der Waals surface area contributed by atoms with Gasteiger partial charge in [0.2, 0.25) is 10.0 Å². The number of ether oxygens (including phenoxy) is 1. The van der Waals surface area contributed by atoms with Crippen LogP contribution in [0.1, 0.15) is 23.1 Å². The SMILES string of the molecule is CCn1c(COC(=O)c2ccc(F)c(F)c2)nc2cc(S(=O)(=O)N(C)C)ccc21. The number of benzene rings is 2. The van der Waals surface area contributed by atoms with Crippen molar-refractivity contribution in [1.82, 2.24) is 13.9 Å². The van der Waals surface area contributed by atoms with Crippen LogP contribution >= 0.6 is 0 Å². The molecule has 0 radical (unpaired) electrons. The molecular weight excluding hydrogens is 404 g/mol. The molecule has 1 heterocycles. The van der Waals surface area contributed by atoms with Gasteiger partial charge in [-0.1, -0.05) is 0 Å². The van der Waals surface area contributed by atoms with E-state index in [0.29, 0.717) is 23.4 Å². The number of carbonyl (C=O) groups is 1. The minimum Gasteiger partial charge on any atom is -0.454 e. The molecule has 3 aromatic rings. The molecule has 0 aliphatic heterocycles. The zero-order valence-corrected chi connectivity index (χ0v) is 16.8. The number of imidazole rings is 1. The predicted octanol–water partition coefficient (Wildman–Crippen LogP) is 2.94. The van der Waals surface area contributed by atoms with Crippen molar-refractivity contribution in [3.8, 4) is 0 Å². The molecule has 0 bridgehead atoms. The maximum absolute atomic E-state index is 13.3. The number of nitrogens with zero attached hydrogens (tertiary/aromatic N) is 3. The van der Waals surface area contributed by atoms with Gasteiger partial charge in [-0.3, -0.25) is 0 Å². The van der Waals surface area contributed by atoms with Gasteiger partial charge >= 0.3 is 5.97 Å². The Labute approximate surface area is 166 Å². The van der Waals surface area contributed by atoms with E-state index < -0.39 is 27.6 Å². The van der Waals surface area contributed by atoms with Crippen LogP contribution < -0.4 is 0 Å². The molecule has 0 saturated carbocycles. The Morgan fingerprint density at radius 1 is 1.14 bits per heavy atom. The number of rotatable bonds is 6. The van der Waals surface area contributed by atoms with Crippen LogP contribution in [-0.4, -0.2) is 42.3 Å². The molecule has 0 atom stereocenters. The lowest BCUT2D eigenvalue weighted by Crippen LogP contribution is -2.22. The average molecular weight is 423 g/mol. The van der Waals surface area contributed by atoms with E-state index in [0.717, 1.165) is 22.5 Å². The van der Waals surface area contributed by atoms with Crippen molar-refractivity contribution in [1.29, 1.82) is 0 Å². The fraction of sp³-hybridized carbons (Fsp3) is 0.263. The first-order valence-electron chi connectivity index (χ1n) is 8.69. The molecule has 0 fully saturated rings. The topological polar surface area (TPSA) is 81.5 Å². The predicted molar refractivity (Wildman–Crippen MR) is 102 cm³/mol. The summed E-state index contributed by atoms with van der Waals surface area (Å²) in [5, 5.41) is 0. The van der Waals surface area contributed by atoms with E-state index in [1.807, 2.05) is 6.92 Å². The van der Waals surface area contributed by atoms with Gasteiger partial charge in [0.1, 0.15) is 12.4 Å². The number of esters is 1. The van der Waals surface area contributed by atoms with Gasteiger partial charge in [-0.25, -0.2) is 31.3 Å². The first-order valence-corrected chi connectivity index (χ1v) is 10.1. The van der Waals surface area contributed by atoms with Crippen molar-refractivity contribution in [2.75, 3.05) is 14.1 Å². The highest BCUT2D eigenvalue weighted by molar-refractivity contribution is 7.89. The molecule has 154 valence electrons. The summed E-state index contributed by atoms with van der Waals surface area (Å²) < 4.78 is 59.0. The molecule has 2 aromatic carbocycles. The largest absolute Gasteiger partial charge is 0.454 e. The highest BCUT2D eigenvalue weighted by atomic mass is 32.2. The fourth-order valence-electron chi connectivity index (χ4n) is 2.83. The van der Waals surface area contributed by atoms with Crippen molar-refractivity contribution in [2.45, 2.75) is 25.0 Å². The van der Waals surface area contributed by atoms with Crippen LogP contribution in [0.4, 0.5) is 8.78 Å². The van der Waals surface area contributed by atoms with Crippen molar-refractivity contribution in [2.24, 2.45) is 0 Å². The molecule has 7 nitrogen and oxygen atoms in total. The van der Waals surface area contributed by atoms with Gasteiger partial charge in [-0.15, -0.1) is 0 Å². The van der Waals surface area contributed by atoms with Gasteiger partial charge < -0.3 is 9.30 Å². The minimum atomic E-state index is -3.62. The first kappa shape index (κ1) is 20.9. The Balaban J connectivity index is 1.89. The zero-order chi connectivity index (χ0) is 21.3. The molecular formula is C19H19F2N3O4S. The Hall–Kier alpha value is -2.85. The van der Waals surface area contributed by atoms with Crippen LogP contribution in [0.5, 0.6) is 0 Å². The second-order valence-corrected chi connectivity index (χ2v) is 8.57. The Kier molecular flexibility index (Phi) is 5.67. The molecule has 0 saturated heterocycles. The maximum atomic E-state index is 13.3. The third-order valence-electron chi connectivity index (χ3n) is 4.38. The maximum Gasteiger partial charge on any atom is 0.338 e. The van der Waals surface area contributed by atoms with E-state index in [-0.39, 0.29) is 17.1 Å². The lowest BCUT2D eigenvalue weighted by atomic mass is 10.2. The molecule has 0 amide bonds. The third-order valence-corrected chi connectivity index (χ3v) is 6.19. The summed E-state index contributed by atoms with van der Waals surface area (Å²) >= 11 is 0. The standard InChI is InChI=1S/C19H19F2N3O4S/c1-4-24-17-8-6-13(29(26,27)23(2)3)10-16(17)22-18(24)11-28-19(25)12-5-7-14(20)15(21)9-12/h5-10H,4,11H2,1-3H3. The molecule has 0 aliphatic carbocycles. The van der Waals surface area contributed by atoms with Gasteiger partial charge in [0.25, 0.3) is 0 Å². The fourth-order valence-corrected chi connectivity index (χ4v) is 3.75. The molecule has 0 unspecified atom stereocenters. The molecule has 0 N–H and O–H groups in total. The average Bonchev–Trinajstić information content (AvgIpc) is 3.04. The van der Waals surface area contributed by atoms with E-state index in [2.05, 4.69) is 4.98 Å². The number of hydrogen-bond acceptors (Lipinski definition) is 5. The van der Waals surface area contributed by atoms with Crippen LogP contribution in [0.15, 0.2) is 41.3 Å². The summed E-state index contributed by atoms with van der Waals surface area (Å²) in [6.45, 7) is 2.16. The monoisotopic (exact) mass is 423 g/mol. The number of carbonyl (C=O) groups excluding carboxylic acids is 1. The normalized spacial score (nSPS) is 11.9. The molecule has 1 aromatic heterocycles. The molecule has 0 aliphatic rings. The number of halogens is 2. The second-order valence-electron chi connectivity index (χ2n) is 6.42. The quantitative estimate of drug-likeness (QED) is 0.570. The summed E-state index contributed by atoms with van der Waals surface area (Å²) in [7, 11) is -0.740. The third kappa shape index (κ3) is 3.99. The van der Waals surface area contributed by atoms with E-state index in [9.17, 15) is 22.0 Å². The minimum absolute atomic E-state index is 0.0982. The zero-order valence-electron chi connectivity index (χ0n) is 16.0. The van der Waals surface area contributed by atoms with Crippen molar-refractivity contribution >= 4 is 27.0 Å². The van der Waals surface area contributed by atoms with E-state index >= 15 is 0 Å². The van der Waals surface area contributed by atoms with Crippen molar-refractivity contribution < 1.29 is 26.7 Å². The Morgan fingerprint density at radius 2 is 1.86 bits per heavy atom. The number of hydrogen-bond donors (Lipinski definition) is 0. The lowest BCUT2D eigenvalue weighted by molar-refractivity contribution is 0.0458. The van der Waals surface area contributed by atoms with Gasteiger partial charge in [0.05, 0.1) is 21.5 Å².